The molecule has 2 N–H and O–H groups in total. The number of hydrogen-bond acceptors (Lipinski definition) is 1. The fraction of sp³-hybridized carbons (Fsp3) is 0.364. The molecular weight excluding hydrogens is 228 g/mol. The first-order chi connectivity index (χ1) is 7.13. The van der Waals surface area contributed by atoms with Crippen molar-refractivity contribution in [2.45, 2.75) is 26.3 Å². The molecule has 1 aromatic carbocycles. The van der Waals surface area contributed by atoms with E-state index in [1.165, 1.54) is 0 Å². The molecule has 0 heterocycles. The summed E-state index contributed by atoms with van der Waals surface area (Å²) in [6.45, 7) is 4.19. The van der Waals surface area contributed by atoms with Crippen LogP contribution in [0.4, 0.5) is 5.69 Å². The van der Waals surface area contributed by atoms with Gasteiger partial charge in [0.1, 0.15) is 0 Å². The first-order valence-corrected chi connectivity index (χ1v) is 5.74. The molecule has 1 aromatic rings. The summed E-state index contributed by atoms with van der Waals surface area (Å²) in [5.41, 5.74) is 0.833. The molecule has 4 heteroatoms. The lowest BCUT2D eigenvalue weighted by molar-refractivity contribution is 0.646. The van der Waals surface area contributed by atoms with Crippen LogP contribution in [0.2, 0.25) is 5.02 Å². The third-order valence-corrected chi connectivity index (χ3v) is 2.66. The molecule has 0 radical (unpaired) electrons. The molecule has 0 spiro atoms. The van der Waals surface area contributed by atoms with E-state index in [0.717, 1.165) is 12.1 Å². The zero-order valence-corrected chi connectivity index (χ0v) is 10.5. The maximum Gasteiger partial charge on any atom is 0.171 e. The Labute approximate surface area is 101 Å². The van der Waals surface area contributed by atoms with Crippen LogP contribution in [-0.4, -0.2) is 11.2 Å². The Kier molecular flexibility index (Phi) is 4.85. The van der Waals surface area contributed by atoms with E-state index in [-0.39, 0.29) is 0 Å². The van der Waals surface area contributed by atoms with Crippen molar-refractivity contribution in [1.82, 2.24) is 5.32 Å². The predicted octanol–water partition coefficient (Wildman–Crippen LogP) is 3.42. The Morgan fingerprint density at radius 3 is 2.73 bits per heavy atom. The number of anilines is 1. The number of hydrogen-bond donors (Lipinski definition) is 2. The van der Waals surface area contributed by atoms with Crippen molar-refractivity contribution in [2.24, 2.45) is 0 Å². The quantitative estimate of drug-likeness (QED) is 0.795. The van der Waals surface area contributed by atoms with Crippen LogP contribution in [0.5, 0.6) is 0 Å². The van der Waals surface area contributed by atoms with E-state index in [0.29, 0.717) is 16.2 Å². The van der Waals surface area contributed by atoms with E-state index in [4.69, 9.17) is 23.8 Å². The lowest BCUT2D eigenvalue weighted by Gasteiger charge is -2.15. The molecule has 0 aliphatic carbocycles. The zero-order chi connectivity index (χ0) is 11.3. The highest BCUT2D eigenvalue weighted by Crippen LogP contribution is 2.20. The number of benzene rings is 1. The summed E-state index contributed by atoms with van der Waals surface area (Å²) in [5, 5.41) is 7.51. The largest absolute Gasteiger partial charge is 0.360 e. The molecule has 0 amide bonds. The van der Waals surface area contributed by atoms with E-state index >= 15 is 0 Å². The van der Waals surface area contributed by atoms with Crippen LogP contribution in [0.1, 0.15) is 20.3 Å². The van der Waals surface area contributed by atoms with Gasteiger partial charge in [0.25, 0.3) is 0 Å². The highest BCUT2D eigenvalue weighted by atomic mass is 35.5. The van der Waals surface area contributed by atoms with Crippen LogP contribution in [0, 0.1) is 0 Å². The average molecular weight is 243 g/mol. The monoisotopic (exact) mass is 242 g/mol. The van der Waals surface area contributed by atoms with Crippen molar-refractivity contribution >= 4 is 34.6 Å². The summed E-state index contributed by atoms with van der Waals surface area (Å²) in [7, 11) is 0. The Morgan fingerprint density at radius 1 is 1.47 bits per heavy atom. The topological polar surface area (TPSA) is 24.1 Å². The molecule has 0 aliphatic rings. The molecule has 1 rings (SSSR count). The maximum atomic E-state index is 5.99. The van der Waals surface area contributed by atoms with Gasteiger partial charge in [-0.2, -0.15) is 0 Å². The van der Waals surface area contributed by atoms with Gasteiger partial charge in [0.2, 0.25) is 0 Å². The molecule has 0 unspecified atom stereocenters. The number of rotatable bonds is 3. The van der Waals surface area contributed by atoms with Gasteiger partial charge in [-0.15, -0.1) is 0 Å². The molecule has 15 heavy (non-hydrogen) atoms. The maximum absolute atomic E-state index is 5.99. The molecule has 1 atom stereocenters. The third-order valence-electron chi connectivity index (χ3n) is 2.11. The van der Waals surface area contributed by atoms with Crippen molar-refractivity contribution in [3.63, 3.8) is 0 Å². The van der Waals surface area contributed by atoms with E-state index in [2.05, 4.69) is 24.5 Å². The van der Waals surface area contributed by atoms with Crippen LogP contribution < -0.4 is 10.6 Å². The van der Waals surface area contributed by atoms with Crippen molar-refractivity contribution in [3.05, 3.63) is 29.3 Å². The zero-order valence-electron chi connectivity index (χ0n) is 8.88. The lowest BCUT2D eigenvalue weighted by Crippen LogP contribution is -2.35. The summed E-state index contributed by atoms with van der Waals surface area (Å²) in [6, 6.07) is 7.90. The number of thiocarbonyl (C=S) groups is 1. The second kappa shape index (κ2) is 5.93. The van der Waals surface area contributed by atoms with Crippen molar-refractivity contribution < 1.29 is 0 Å². The van der Waals surface area contributed by atoms with E-state index in [9.17, 15) is 0 Å². The van der Waals surface area contributed by atoms with Crippen LogP contribution in [0.15, 0.2) is 24.3 Å². The van der Waals surface area contributed by atoms with Crippen molar-refractivity contribution in [1.29, 1.82) is 0 Å². The predicted molar refractivity (Wildman–Crippen MR) is 70.6 cm³/mol. The Hall–Kier alpha value is -0.800. The summed E-state index contributed by atoms with van der Waals surface area (Å²) in [6.07, 6.45) is 1.03. The van der Waals surface area contributed by atoms with Gasteiger partial charge in [0.15, 0.2) is 5.11 Å². The fourth-order valence-corrected chi connectivity index (χ4v) is 1.54. The number of halogens is 1. The highest BCUT2D eigenvalue weighted by molar-refractivity contribution is 7.80. The van der Waals surface area contributed by atoms with Crippen LogP contribution >= 0.6 is 23.8 Å². The minimum absolute atomic E-state index is 0.368. The van der Waals surface area contributed by atoms with Gasteiger partial charge in [-0.25, -0.2) is 0 Å². The normalized spacial score (nSPS) is 11.9. The summed E-state index contributed by atoms with van der Waals surface area (Å²) < 4.78 is 0. The van der Waals surface area contributed by atoms with E-state index in [1.807, 2.05) is 24.3 Å². The Morgan fingerprint density at radius 2 is 2.13 bits per heavy atom. The molecule has 2 nitrogen and oxygen atoms in total. The average Bonchev–Trinajstić information content (AvgIpc) is 2.21. The van der Waals surface area contributed by atoms with Crippen LogP contribution in [0.3, 0.4) is 0 Å². The van der Waals surface area contributed by atoms with E-state index in [1.54, 1.807) is 0 Å². The Balaban J connectivity index is 2.55. The molecular formula is C11H15ClN2S. The van der Waals surface area contributed by atoms with E-state index < -0.39 is 0 Å². The van der Waals surface area contributed by atoms with Crippen LogP contribution in [0.25, 0.3) is 0 Å². The van der Waals surface area contributed by atoms with Crippen LogP contribution in [-0.2, 0) is 0 Å². The molecule has 0 saturated heterocycles. The first kappa shape index (κ1) is 12.3. The molecule has 0 aliphatic heterocycles. The van der Waals surface area contributed by atoms with Crippen molar-refractivity contribution in [2.75, 3.05) is 5.32 Å². The second-order valence-electron chi connectivity index (χ2n) is 3.39. The minimum Gasteiger partial charge on any atom is -0.360 e. The highest BCUT2D eigenvalue weighted by Gasteiger charge is 2.03. The van der Waals surface area contributed by atoms with Gasteiger partial charge in [-0.3, -0.25) is 0 Å². The summed E-state index contributed by atoms with van der Waals surface area (Å²) in [5.74, 6) is 0. The minimum atomic E-state index is 0.368. The molecule has 0 bridgehead atoms. The van der Waals surface area contributed by atoms with Crippen molar-refractivity contribution in [3.8, 4) is 0 Å². The Bertz CT molecular complexity index is 341. The molecule has 0 aromatic heterocycles. The summed E-state index contributed by atoms with van der Waals surface area (Å²) >= 11 is 11.1. The van der Waals surface area contributed by atoms with Gasteiger partial charge < -0.3 is 10.6 Å². The molecule has 0 saturated carbocycles. The smallest absolute Gasteiger partial charge is 0.171 e. The molecule has 0 fully saturated rings. The van der Waals surface area contributed by atoms with Gasteiger partial charge >= 0.3 is 0 Å². The molecule has 82 valence electrons. The fourth-order valence-electron chi connectivity index (χ4n) is 1.05. The SMILES string of the molecule is CC[C@@H](C)NC(=S)Nc1ccccc1Cl. The van der Waals surface area contributed by atoms with Gasteiger partial charge in [0.05, 0.1) is 10.7 Å². The standard InChI is InChI=1S/C11H15ClN2S/c1-3-8(2)13-11(15)14-10-7-5-4-6-9(10)12/h4-8H,3H2,1-2H3,(H2,13,14,15)/t8-/m1/s1. The lowest BCUT2D eigenvalue weighted by atomic mass is 10.3. The first-order valence-electron chi connectivity index (χ1n) is 4.95. The number of para-hydroxylation sites is 1. The van der Waals surface area contributed by atoms with Gasteiger partial charge in [-0.05, 0) is 37.7 Å². The van der Waals surface area contributed by atoms with Gasteiger partial charge in [0, 0.05) is 6.04 Å². The van der Waals surface area contributed by atoms with Gasteiger partial charge in [-0.1, -0.05) is 30.7 Å². The summed E-state index contributed by atoms with van der Waals surface area (Å²) in [4.78, 5) is 0. The second-order valence-corrected chi connectivity index (χ2v) is 4.20. The third kappa shape index (κ3) is 4.06. The number of nitrogens with one attached hydrogen (secondary N) is 2.